The topological polar surface area (TPSA) is 60.9 Å². The first-order valence-corrected chi connectivity index (χ1v) is 6.82. The van der Waals surface area contributed by atoms with Gasteiger partial charge >= 0.3 is 5.97 Å². The number of carboxylic acid groups (broad SMARTS) is 1. The van der Waals surface area contributed by atoms with Gasteiger partial charge in [-0.05, 0) is 12.5 Å². The minimum Gasteiger partial charge on any atom is -0.480 e. The van der Waals surface area contributed by atoms with Crippen LogP contribution in [-0.2, 0) is 16.0 Å². The summed E-state index contributed by atoms with van der Waals surface area (Å²) in [4.78, 5) is 26.5. The van der Waals surface area contributed by atoms with Gasteiger partial charge in [-0.2, -0.15) is 0 Å². The normalized spacial score (nSPS) is 15.4. The van der Waals surface area contributed by atoms with Crippen LogP contribution in [0.2, 0.25) is 0 Å². The van der Waals surface area contributed by atoms with Gasteiger partial charge in [-0.25, -0.2) is 0 Å². The fourth-order valence-corrected chi connectivity index (χ4v) is 2.34. The molecule has 1 heterocycles. The lowest BCUT2D eigenvalue weighted by Gasteiger charge is -2.33. The molecule has 0 bridgehead atoms. The van der Waals surface area contributed by atoms with Crippen LogP contribution in [0.1, 0.15) is 11.1 Å². The maximum Gasteiger partial charge on any atom is 0.317 e. The van der Waals surface area contributed by atoms with E-state index in [1.54, 1.807) is 0 Å². The summed E-state index contributed by atoms with van der Waals surface area (Å²) < 4.78 is 0. The molecule has 1 saturated heterocycles. The number of benzene rings is 1. The van der Waals surface area contributed by atoms with E-state index in [2.05, 4.69) is 0 Å². The third kappa shape index (κ3) is 5.36. The number of hydrogen-bond acceptors (Lipinski definition) is 3. The molecule has 0 atom stereocenters. The van der Waals surface area contributed by atoms with Crippen LogP contribution in [0.4, 0.5) is 0 Å². The number of piperazine rings is 1. The molecule has 1 N–H and O–H groups in total. The van der Waals surface area contributed by atoms with Gasteiger partial charge in [0.15, 0.2) is 0 Å². The molecule has 6 heteroatoms. The summed E-state index contributed by atoms with van der Waals surface area (Å²) in [5.74, 6) is -0.701. The molecule has 5 nitrogen and oxygen atoms in total. The maximum atomic E-state index is 12.2. The highest BCUT2D eigenvalue weighted by Crippen LogP contribution is 2.08. The van der Waals surface area contributed by atoms with Gasteiger partial charge in [0.1, 0.15) is 0 Å². The van der Waals surface area contributed by atoms with Crippen LogP contribution in [-0.4, -0.2) is 59.5 Å². The number of rotatable bonds is 4. The van der Waals surface area contributed by atoms with Gasteiger partial charge in [0, 0.05) is 26.2 Å². The van der Waals surface area contributed by atoms with E-state index < -0.39 is 5.97 Å². The summed E-state index contributed by atoms with van der Waals surface area (Å²) in [6.07, 6.45) is 0.416. The summed E-state index contributed by atoms with van der Waals surface area (Å²) in [5, 5.41) is 8.74. The Kier molecular flexibility index (Phi) is 6.65. The van der Waals surface area contributed by atoms with Gasteiger partial charge in [-0.3, -0.25) is 14.5 Å². The standard InChI is InChI=1S/C15H20N2O3.ClH/c1-12-2-4-13(5-3-12)10-14(18)17-8-6-16(7-9-17)11-15(19)20;/h2-5H,6-11H2,1H3,(H,19,20);1H. The van der Waals surface area contributed by atoms with Crippen molar-refractivity contribution in [1.82, 2.24) is 9.80 Å². The van der Waals surface area contributed by atoms with Gasteiger partial charge in [-0.1, -0.05) is 29.8 Å². The lowest BCUT2D eigenvalue weighted by molar-refractivity contribution is -0.139. The number of aliphatic carboxylic acids is 1. The molecule has 0 saturated carbocycles. The fourth-order valence-electron chi connectivity index (χ4n) is 2.34. The second kappa shape index (κ2) is 8.00. The maximum absolute atomic E-state index is 12.2. The average molecular weight is 313 g/mol. The van der Waals surface area contributed by atoms with E-state index >= 15 is 0 Å². The Hall–Kier alpha value is -1.59. The minimum absolute atomic E-state index is 0. The SMILES string of the molecule is Cc1ccc(CC(=O)N2CCN(CC(=O)O)CC2)cc1.Cl. The number of carbonyl (C=O) groups is 2. The van der Waals surface area contributed by atoms with E-state index in [1.165, 1.54) is 5.56 Å². The molecular formula is C15H21ClN2O3. The van der Waals surface area contributed by atoms with E-state index in [1.807, 2.05) is 41.0 Å². The van der Waals surface area contributed by atoms with Crippen LogP contribution in [0.3, 0.4) is 0 Å². The van der Waals surface area contributed by atoms with E-state index in [0.717, 1.165) is 5.56 Å². The lowest BCUT2D eigenvalue weighted by Crippen LogP contribution is -2.50. The number of amides is 1. The monoisotopic (exact) mass is 312 g/mol. The molecule has 0 unspecified atom stereocenters. The molecule has 116 valence electrons. The number of carbonyl (C=O) groups excluding carboxylic acids is 1. The molecule has 1 fully saturated rings. The van der Waals surface area contributed by atoms with Gasteiger partial charge < -0.3 is 10.0 Å². The molecule has 0 radical (unpaired) electrons. The molecule has 2 rings (SSSR count). The smallest absolute Gasteiger partial charge is 0.317 e. The van der Waals surface area contributed by atoms with Crippen molar-refractivity contribution in [1.29, 1.82) is 0 Å². The van der Waals surface area contributed by atoms with Gasteiger partial charge in [-0.15, -0.1) is 12.4 Å². The second-order valence-electron chi connectivity index (χ2n) is 5.21. The molecule has 1 amide bonds. The van der Waals surface area contributed by atoms with Crippen LogP contribution < -0.4 is 0 Å². The number of carboxylic acids is 1. The van der Waals surface area contributed by atoms with Crippen molar-refractivity contribution < 1.29 is 14.7 Å². The highest BCUT2D eigenvalue weighted by atomic mass is 35.5. The van der Waals surface area contributed by atoms with Crippen molar-refractivity contribution in [3.05, 3.63) is 35.4 Å². The van der Waals surface area contributed by atoms with Crippen LogP contribution in [0.5, 0.6) is 0 Å². The third-order valence-corrected chi connectivity index (χ3v) is 3.56. The molecule has 1 aliphatic heterocycles. The number of hydrogen-bond donors (Lipinski definition) is 1. The van der Waals surface area contributed by atoms with Crippen LogP contribution in [0.15, 0.2) is 24.3 Å². The zero-order chi connectivity index (χ0) is 14.5. The van der Waals surface area contributed by atoms with E-state index in [4.69, 9.17) is 5.11 Å². The van der Waals surface area contributed by atoms with Crippen molar-refractivity contribution in [2.75, 3.05) is 32.7 Å². The van der Waals surface area contributed by atoms with Crippen molar-refractivity contribution >= 4 is 24.3 Å². The molecule has 1 aromatic rings. The predicted molar refractivity (Wildman–Crippen MR) is 82.8 cm³/mol. The van der Waals surface area contributed by atoms with Crippen LogP contribution in [0.25, 0.3) is 0 Å². The number of aryl methyl sites for hydroxylation is 1. The van der Waals surface area contributed by atoms with Gasteiger partial charge in [0.2, 0.25) is 5.91 Å². The molecule has 0 spiro atoms. The fraction of sp³-hybridized carbons (Fsp3) is 0.467. The molecule has 1 aromatic carbocycles. The average Bonchev–Trinajstić information content (AvgIpc) is 2.41. The Morgan fingerprint density at radius 3 is 2.19 bits per heavy atom. The zero-order valence-electron chi connectivity index (χ0n) is 12.1. The number of nitrogens with zero attached hydrogens (tertiary/aromatic N) is 2. The lowest BCUT2D eigenvalue weighted by atomic mass is 10.1. The Bertz CT molecular complexity index is 482. The first kappa shape index (κ1) is 17.5. The largest absolute Gasteiger partial charge is 0.480 e. The van der Waals surface area contributed by atoms with Gasteiger partial charge in [0.05, 0.1) is 13.0 Å². The molecule has 1 aliphatic rings. The molecule has 0 aromatic heterocycles. The minimum atomic E-state index is -0.815. The summed E-state index contributed by atoms with van der Waals surface area (Å²) in [6.45, 7) is 4.56. The van der Waals surface area contributed by atoms with Crippen LogP contribution >= 0.6 is 12.4 Å². The van der Waals surface area contributed by atoms with Gasteiger partial charge in [0.25, 0.3) is 0 Å². The number of halogens is 1. The first-order chi connectivity index (χ1) is 9.54. The van der Waals surface area contributed by atoms with E-state index in [-0.39, 0.29) is 24.9 Å². The Labute approximate surface area is 131 Å². The summed E-state index contributed by atoms with van der Waals surface area (Å²) >= 11 is 0. The van der Waals surface area contributed by atoms with Crippen molar-refractivity contribution in [3.63, 3.8) is 0 Å². The zero-order valence-corrected chi connectivity index (χ0v) is 12.9. The van der Waals surface area contributed by atoms with E-state index in [0.29, 0.717) is 32.6 Å². The second-order valence-corrected chi connectivity index (χ2v) is 5.21. The Morgan fingerprint density at radius 2 is 1.67 bits per heavy atom. The van der Waals surface area contributed by atoms with Crippen molar-refractivity contribution in [2.24, 2.45) is 0 Å². The highest BCUT2D eigenvalue weighted by Gasteiger charge is 2.22. The Balaban J connectivity index is 0.00000220. The first-order valence-electron chi connectivity index (χ1n) is 6.82. The van der Waals surface area contributed by atoms with Crippen molar-refractivity contribution in [3.8, 4) is 0 Å². The van der Waals surface area contributed by atoms with Crippen molar-refractivity contribution in [2.45, 2.75) is 13.3 Å². The molecule has 0 aliphatic carbocycles. The Morgan fingerprint density at radius 1 is 1.10 bits per heavy atom. The predicted octanol–water partition coefficient (Wildman–Crippen LogP) is 1.19. The van der Waals surface area contributed by atoms with E-state index in [9.17, 15) is 9.59 Å². The summed E-state index contributed by atoms with van der Waals surface area (Å²) in [6, 6.07) is 7.97. The molecular weight excluding hydrogens is 292 g/mol. The third-order valence-electron chi connectivity index (χ3n) is 3.56. The highest BCUT2D eigenvalue weighted by molar-refractivity contribution is 5.85. The quantitative estimate of drug-likeness (QED) is 0.907. The summed E-state index contributed by atoms with van der Waals surface area (Å²) in [5.41, 5.74) is 2.21. The summed E-state index contributed by atoms with van der Waals surface area (Å²) in [7, 11) is 0. The van der Waals surface area contributed by atoms with Crippen LogP contribution in [0, 0.1) is 6.92 Å². The molecule has 21 heavy (non-hydrogen) atoms.